The Kier molecular flexibility index (Phi) is 8.74. The predicted molar refractivity (Wildman–Crippen MR) is 136 cm³/mol. The highest BCUT2D eigenvalue weighted by molar-refractivity contribution is 7.92. The molecule has 0 saturated heterocycles. The molecule has 36 heavy (non-hydrogen) atoms. The minimum Gasteiger partial charge on any atom is -0.484 e. The number of anilines is 2. The molecule has 11 heteroatoms. The summed E-state index contributed by atoms with van der Waals surface area (Å²) in [5, 5.41) is 6.56. The summed E-state index contributed by atoms with van der Waals surface area (Å²) in [6.45, 7) is 1.22. The van der Waals surface area contributed by atoms with Gasteiger partial charge in [-0.15, -0.1) is 0 Å². The van der Waals surface area contributed by atoms with Crippen LogP contribution in [0.4, 0.5) is 15.8 Å². The van der Waals surface area contributed by atoms with Crippen molar-refractivity contribution in [3.8, 4) is 5.75 Å². The lowest BCUT2D eigenvalue weighted by molar-refractivity contribution is -0.119. The van der Waals surface area contributed by atoms with E-state index in [0.29, 0.717) is 17.0 Å². The number of sulfonamides is 1. The number of carbonyl (C=O) groups is 2. The molecule has 3 rings (SSSR count). The number of hydrogen-bond donors (Lipinski definition) is 2. The van der Waals surface area contributed by atoms with Crippen molar-refractivity contribution < 1.29 is 27.1 Å². The zero-order chi connectivity index (χ0) is 26.1. The number of carbonyl (C=O) groups excluding carboxylic acids is 2. The van der Waals surface area contributed by atoms with Crippen molar-refractivity contribution in [3.05, 3.63) is 89.7 Å². The fourth-order valence-corrected chi connectivity index (χ4v) is 3.86. The van der Waals surface area contributed by atoms with Crippen LogP contribution >= 0.6 is 0 Å². The average Bonchev–Trinajstić information content (AvgIpc) is 2.83. The van der Waals surface area contributed by atoms with Crippen LogP contribution in [0.2, 0.25) is 0 Å². The Hall–Kier alpha value is -4.25. The van der Waals surface area contributed by atoms with Gasteiger partial charge in [-0.25, -0.2) is 18.2 Å². The third kappa shape index (κ3) is 8.20. The Bertz CT molecular complexity index is 1340. The molecule has 0 aromatic heterocycles. The lowest BCUT2D eigenvalue weighted by Crippen LogP contribution is -2.39. The summed E-state index contributed by atoms with van der Waals surface area (Å²) < 4.78 is 43.8. The maximum absolute atomic E-state index is 13.5. The molecule has 188 valence electrons. The van der Waals surface area contributed by atoms with Crippen LogP contribution in [-0.4, -0.2) is 45.9 Å². The van der Waals surface area contributed by atoms with E-state index in [4.69, 9.17) is 4.74 Å². The van der Waals surface area contributed by atoms with Gasteiger partial charge in [0.2, 0.25) is 10.0 Å². The van der Waals surface area contributed by atoms with Crippen molar-refractivity contribution in [3.63, 3.8) is 0 Å². The normalized spacial score (nSPS) is 11.2. The number of amides is 2. The van der Waals surface area contributed by atoms with Gasteiger partial charge in [0.05, 0.1) is 18.2 Å². The number of halogens is 1. The van der Waals surface area contributed by atoms with Gasteiger partial charge in [0.1, 0.15) is 18.1 Å². The highest BCUT2D eigenvalue weighted by Gasteiger charge is 2.21. The van der Waals surface area contributed by atoms with Gasteiger partial charge in [-0.2, -0.15) is 5.10 Å². The van der Waals surface area contributed by atoms with Crippen LogP contribution in [0.3, 0.4) is 0 Å². The Balaban J connectivity index is 1.49. The SMILES string of the molecule is Cc1ccc(NC(=O)COc2ccc(/C=N\NC(=O)CN(c3cccc(F)c3)S(C)(=O)=O)cc2)cc1. The summed E-state index contributed by atoms with van der Waals surface area (Å²) in [6.07, 6.45) is 2.28. The van der Waals surface area contributed by atoms with Crippen molar-refractivity contribution in [1.82, 2.24) is 5.43 Å². The Morgan fingerprint density at radius 3 is 2.36 bits per heavy atom. The maximum Gasteiger partial charge on any atom is 0.262 e. The molecule has 0 heterocycles. The molecule has 0 fully saturated rings. The maximum atomic E-state index is 13.5. The summed E-state index contributed by atoms with van der Waals surface area (Å²) in [6, 6.07) is 18.9. The second-order valence-corrected chi connectivity index (χ2v) is 9.72. The van der Waals surface area contributed by atoms with Gasteiger partial charge in [-0.3, -0.25) is 13.9 Å². The minimum absolute atomic E-state index is 0.0276. The number of nitrogens with zero attached hydrogens (tertiary/aromatic N) is 2. The molecule has 0 aliphatic heterocycles. The van der Waals surface area contributed by atoms with E-state index in [1.807, 2.05) is 19.1 Å². The molecule has 2 N–H and O–H groups in total. The molecule has 0 bridgehead atoms. The van der Waals surface area contributed by atoms with E-state index in [0.717, 1.165) is 22.2 Å². The predicted octanol–water partition coefficient (Wildman–Crippen LogP) is 3.07. The molecular weight excluding hydrogens is 487 g/mol. The monoisotopic (exact) mass is 512 g/mol. The van der Waals surface area contributed by atoms with E-state index >= 15 is 0 Å². The van der Waals surface area contributed by atoms with E-state index in [1.165, 1.54) is 24.4 Å². The number of benzene rings is 3. The van der Waals surface area contributed by atoms with Crippen molar-refractivity contribution in [2.75, 3.05) is 29.0 Å². The van der Waals surface area contributed by atoms with Gasteiger partial charge in [0.25, 0.3) is 11.8 Å². The van der Waals surface area contributed by atoms with Crippen LogP contribution in [0.5, 0.6) is 5.75 Å². The zero-order valence-electron chi connectivity index (χ0n) is 19.6. The summed E-state index contributed by atoms with van der Waals surface area (Å²) in [5.41, 5.74) is 4.66. The van der Waals surface area contributed by atoms with E-state index < -0.39 is 28.3 Å². The summed E-state index contributed by atoms with van der Waals surface area (Å²) in [5.74, 6) is -1.16. The van der Waals surface area contributed by atoms with Gasteiger partial charge in [0.15, 0.2) is 6.61 Å². The van der Waals surface area contributed by atoms with E-state index in [9.17, 15) is 22.4 Å². The lowest BCUT2D eigenvalue weighted by Gasteiger charge is -2.21. The van der Waals surface area contributed by atoms with Crippen molar-refractivity contribution >= 4 is 39.4 Å². The Labute approximate surface area is 208 Å². The third-order valence-corrected chi connectivity index (χ3v) is 5.91. The first-order chi connectivity index (χ1) is 17.1. The molecule has 0 saturated carbocycles. The zero-order valence-corrected chi connectivity index (χ0v) is 20.5. The molecule has 0 aliphatic carbocycles. The fraction of sp³-hybridized carbons (Fsp3) is 0.160. The summed E-state index contributed by atoms with van der Waals surface area (Å²) >= 11 is 0. The number of rotatable bonds is 10. The van der Waals surface area contributed by atoms with Crippen molar-refractivity contribution in [2.24, 2.45) is 5.10 Å². The highest BCUT2D eigenvalue weighted by atomic mass is 32.2. The summed E-state index contributed by atoms with van der Waals surface area (Å²) in [4.78, 5) is 24.2. The van der Waals surface area contributed by atoms with Crippen LogP contribution < -0.4 is 19.8 Å². The standard InChI is InChI=1S/C25H25FN4O5S/c1-18-6-10-21(11-7-18)28-25(32)17-35-23-12-8-19(9-13-23)15-27-29-24(31)16-30(36(2,33)34)22-5-3-4-20(26)14-22/h3-15H,16-17H2,1-2H3,(H,28,32)(H,29,31)/b27-15-. The van der Waals surface area contributed by atoms with E-state index in [2.05, 4.69) is 15.8 Å². The van der Waals surface area contributed by atoms with E-state index in [-0.39, 0.29) is 18.2 Å². The van der Waals surface area contributed by atoms with E-state index in [1.54, 1.807) is 36.4 Å². The Morgan fingerprint density at radius 2 is 1.72 bits per heavy atom. The van der Waals surface area contributed by atoms with Crippen molar-refractivity contribution in [1.29, 1.82) is 0 Å². The van der Waals surface area contributed by atoms with Crippen LogP contribution in [-0.2, 0) is 19.6 Å². The number of hydrogen-bond acceptors (Lipinski definition) is 6. The van der Waals surface area contributed by atoms with Gasteiger partial charge >= 0.3 is 0 Å². The van der Waals surface area contributed by atoms with Gasteiger partial charge in [-0.1, -0.05) is 23.8 Å². The van der Waals surface area contributed by atoms with Crippen LogP contribution in [0.25, 0.3) is 0 Å². The lowest BCUT2D eigenvalue weighted by atomic mass is 10.2. The first-order valence-corrected chi connectivity index (χ1v) is 12.6. The summed E-state index contributed by atoms with van der Waals surface area (Å²) in [7, 11) is -3.83. The smallest absolute Gasteiger partial charge is 0.262 e. The topological polar surface area (TPSA) is 117 Å². The van der Waals surface area contributed by atoms with Gasteiger partial charge in [-0.05, 0) is 67.1 Å². The Morgan fingerprint density at radius 1 is 1.03 bits per heavy atom. The minimum atomic E-state index is -3.83. The number of aryl methyl sites for hydroxylation is 1. The fourth-order valence-electron chi connectivity index (χ4n) is 3.01. The molecule has 9 nitrogen and oxygen atoms in total. The molecular formula is C25H25FN4O5S. The van der Waals surface area contributed by atoms with Crippen molar-refractivity contribution in [2.45, 2.75) is 6.92 Å². The molecule has 3 aromatic carbocycles. The molecule has 3 aromatic rings. The number of hydrazone groups is 1. The van der Waals surface area contributed by atoms with Crippen LogP contribution in [0, 0.1) is 12.7 Å². The molecule has 2 amide bonds. The van der Waals surface area contributed by atoms with Crippen LogP contribution in [0.15, 0.2) is 77.9 Å². The highest BCUT2D eigenvalue weighted by Crippen LogP contribution is 2.18. The first kappa shape index (κ1) is 26.4. The average molecular weight is 513 g/mol. The molecule has 0 aliphatic rings. The first-order valence-electron chi connectivity index (χ1n) is 10.7. The quantitative estimate of drug-likeness (QED) is 0.320. The number of nitrogens with one attached hydrogen (secondary N) is 2. The molecule has 0 radical (unpaired) electrons. The third-order valence-electron chi connectivity index (χ3n) is 4.77. The van der Waals surface area contributed by atoms with Crippen LogP contribution in [0.1, 0.15) is 11.1 Å². The second-order valence-electron chi connectivity index (χ2n) is 7.81. The molecule has 0 spiro atoms. The molecule has 0 atom stereocenters. The number of ether oxygens (including phenoxy) is 1. The van der Waals surface area contributed by atoms with Gasteiger partial charge in [0, 0.05) is 5.69 Å². The second kappa shape index (κ2) is 11.9. The van der Waals surface area contributed by atoms with Gasteiger partial charge < -0.3 is 10.1 Å². The molecule has 0 unspecified atom stereocenters. The largest absolute Gasteiger partial charge is 0.484 e.